The van der Waals surface area contributed by atoms with Gasteiger partial charge in [-0.3, -0.25) is 14.4 Å². The number of carbonyl (C=O) groups excluding carboxylic acids is 5. The fourth-order valence-electron chi connectivity index (χ4n) is 11.2. The molecule has 0 radical (unpaired) electrons. The van der Waals surface area contributed by atoms with Gasteiger partial charge >= 0.3 is 17.9 Å². The second kappa shape index (κ2) is 18.5. The van der Waals surface area contributed by atoms with E-state index in [1.165, 1.54) is 39.8 Å². The number of benzene rings is 3. The fraction of sp³-hybridized carbons (Fsp3) is 0.500. The first-order valence-electron chi connectivity index (χ1n) is 22.5. The number of Topliss-reactive ketones (excluding diaryl/α,β-unsaturated/α-hetero) is 1. The van der Waals surface area contributed by atoms with Crippen LogP contribution in [0.2, 0.25) is 0 Å². The lowest BCUT2D eigenvalue weighted by molar-refractivity contribution is -0.366. The van der Waals surface area contributed by atoms with Gasteiger partial charge in [0.15, 0.2) is 23.8 Å². The van der Waals surface area contributed by atoms with Crippen LogP contribution in [0.15, 0.2) is 102 Å². The van der Waals surface area contributed by atoms with Crippen LogP contribution in [0.5, 0.6) is 0 Å². The molecule has 4 fully saturated rings. The average Bonchev–Trinajstić information content (AvgIpc) is 3.31. The highest BCUT2D eigenvalue weighted by Gasteiger charge is 2.78. The molecule has 3 aliphatic carbocycles. The summed E-state index contributed by atoms with van der Waals surface area (Å²) in [5.41, 5.74) is -7.60. The van der Waals surface area contributed by atoms with Crippen molar-refractivity contribution in [3.63, 3.8) is 0 Å². The molecule has 364 valence electrons. The highest BCUT2D eigenvalue weighted by molar-refractivity contribution is 5.95. The van der Waals surface area contributed by atoms with Gasteiger partial charge in [0.05, 0.1) is 42.3 Å². The number of fused-ring (bicyclic) bond motifs is 5. The SMILES string of the molecule is CC(=O)O[C@@]12CO[C@@H]1C[C@H](OC1OCC(O)C(O)C1O)[C@@]1(C)C(=O)[C@H](O)C3=C(C)[C@@H](OC(=O)[C@H](O)[C@@H](NC(=O)c4ccccc4)c4ccccc4)C[C@@](O)([C@@H](OC(=O)c4ccccc4)[C@H]21)C3(C)C. The van der Waals surface area contributed by atoms with E-state index < -0.39 is 138 Å². The summed E-state index contributed by atoms with van der Waals surface area (Å²) in [5.74, 6) is -6.29. The van der Waals surface area contributed by atoms with Gasteiger partial charge in [-0.05, 0) is 54.8 Å². The van der Waals surface area contributed by atoms with Gasteiger partial charge in [-0.15, -0.1) is 0 Å². The van der Waals surface area contributed by atoms with Gasteiger partial charge in [0.1, 0.15) is 48.3 Å². The minimum absolute atomic E-state index is 0.0280. The van der Waals surface area contributed by atoms with Crippen LogP contribution in [0.4, 0.5) is 0 Å². The number of hydrogen-bond donors (Lipinski definition) is 7. The predicted octanol–water partition coefficient (Wildman–Crippen LogP) is 1.63. The number of aliphatic hydroxyl groups is 6. The number of carbonyl (C=O) groups is 5. The van der Waals surface area contributed by atoms with Crippen molar-refractivity contribution < 1.29 is 83.0 Å². The minimum Gasteiger partial charge on any atom is -0.456 e. The quantitative estimate of drug-likeness (QED) is 0.0818. The number of nitrogens with one attached hydrogen (secondary N) is 1. The van der Waals surface area contributed by atoms with E-state index >= 15 is 4.79 Å². The van der Waals surface area contributed by atoms with Gasteiger partial charge in [-0.2, -0.15) is 0 Å². The van der Waals surface area contributed by atoms with Gasteiger partial charge in [-0.25, -0.2) is 9.59 Å². The summed E-state index contributed by atoms with van der Waals surface area (Å²) in [6, 6.07) is 22.7. The summed E-state index contributed by atoms with van der Waals surface area (Å²) >= 11 is 0. The topological polar surface area (TPSA) is 274 Å². The second-order valence-electron chi connectivity index (χ2n) is 19.1. The molecule has 2 saturated carbocycles. The number of esters is 3. The van der Waals surface area contributed by atoms with Gasteiger partial charge in [0, 0.05) is 30.7 Å². The Balaban J connectivity index is 1.26. The number of aliphatic hydroxyl groups excluding tert-OH is 5. The summed E-state index contributed by atoms with van der Waals surface area (Å²) in [5, 5.41) is 72.9. The van der Waals surface area contributed by atoms with E-state index in [9.17, 15) is 49.8 Å². The molecule has 3 aromatic carbocycles. The first-order valence-corrected chi connectivity index (χ1v) is 22.5. The van der Waals surface area contributed by atoms with Crippen molar-refractivity contribution in [3.05, 3.63) is 119 Å². The smallest absolute Gasteiger partial charge is 0.338 e. The van der Waals surface area contributed by atoms with E-state index in [0.29, 0.717) is 5.56 Å². The Morgan fingerprint density at radius 2 is 1.43 bits per heavy atom. The van der Waals surface area contributed by atoms with E-state index in [-0.39, 0.29) is 35.3 Å². The summed E-state index contributed by atoms with van der Waals surface area (Å²) < 4.78 is 36.8. The maximum atomic E-state index is 15.7. The molecule has 2 saturated heterocycles. The van der Waals surface area contributed by atoms with Crippen molar-refractivity contribution in [3.8, 4) is 0 Å². The summed E-state index contributed by atoms with van der Waals surface area (Å²) in [6.45, 7) is 6.21. The van der Waals surface area contributed by atoms with Crippen LogP contribution < -0.4 is 5.32 Å². The molecule has 18 nitrogen and oxygen atoms in total. The highest BCUT2D eigenvalue weighted by Crippen LogP contribution is 2.65. The maximum Gasteiger partial charge on any atom is 0.338 e. The van der Waals surface area contributed by atoms with Gasteiger partial charge in [-0.1, -0.05) is 80.6 Å². The lowest BCUT2D eigenvalue weighted by atomic mass is 9.44. The zero-order valence-electron chi connectivity index (χ0n) is 38.1. The molecule has 18 heteroatoms. The van der Waals surface area contributed by atoms with Crippen LogP contribution in [0.3, 0.4) is 0 Å². The normalized spacial score (nSPS) is 36.0. The van der Waals surface area contributed by atoms with E-state index in [1.54, 1.807) is 78.9 Å². The molecule has 5 aliphatic rings. The molecule has 2 heterocycles. The molecular formula is C50H57NO17. The molecule has 4 unspecified atom stereocenters. The molecule has 0 aromatic heterocycles. The monoisotopic (exact) mass is 943 g/mol. The van der Waals surface area contributed by atoms with Gasteiger partial charge < -0.3 is 64.4 Å². The molecule has 7 N–H and O–H groups in total. The second-order valence-corrected chi connectivity index (χ2v) is 19.1. The van der Waals surface area contributed by atoms with E-state index in [0.717, 1.165) is 6.92 Å². The zero-order valence-corrected chi connectivity index (χ0v) is 38.1. The third-order valence-electron chi connectivity index (χ3n) is 14.9. The van der Waals surface area contributed by atoms with Crippen molar-refractivity contribution >= 4 is 29.6 Å². The van der Waals surface area contributed by atoms with Crippen molar-refractivity contribution in [2.24, 2.45) is 16.7 Å². The Kier molecular flexibility index (Phi) is 13.3. The number of hydrogen-bond acceptors (Lipinski definition) is 17. The van der Waals surface area contributed by atoms with Gasteiger partial charge in [0.2, 0.25) is 0 Å². The summed E-state index contributed by atoms with van der Waals surface area (Å²) in [4.78, 5) is 71.3. The van der Waals surface area contributed by atoms with Crippen LogP contribution >= 0.6 is 0 Å². The third kappa shape index (κ3) is 8.14. The fourth-order valence-corrected chi connectivity index (χ4v) is 11.2. The minimum atomic E-state index is -2.47. The highest BCUT2D eigenvalue weighted by atomic mass is 16.7. The van der Waals surface area contributed by atoms with Crippen LogP contribution in [0.25, 0.3) is 0 Å². The van der Waals surface area contributed by atoms with E-state index in [1.807, 2.05) is 0 Å². The van der Waals surface area contributed by atoms with Crippen LogP contribution in [-0.2, 0) is 42.8 Å². The first-order chi connectivity index (χ1) is 32.2. The lowest BCUT2D eigenvalue weighted by Crippen LogP contribution is -2.82. The predicted molar refractivity (Wildman–Crippen MR) is 235 cm³/mol. The molecule has 3 aromatic rings. The number of ketones is 1. The van der Waals surface area contributed by atoms with Crippen LogP contribution in [-0.4, -0.2) is 146 Å². The largest absolute Gasteiger partial charge is 0.456 e. The average molecular weight is 944 g/mol. The molecule has 15 atom stereocenters. The standard InChI is InChI=1S/C50H57NO17/c1-25-31(65-45(61)38(56)35(27-15-9-6-10-16-27)51-43(59)28-17-11-7-12-18-28)22-50(62)42(67-44(60)29-19-13-8-14-20-29)40-48(5,41(58)37(55)34(25)47(50,3)4)32(21-33-49(40,24-64-33)68-26(2)52)66-46-39(57)36(54)30(53)23-63-46/h6-20,30-33,35-40,42,46,53-57,62H,21-24H2,1-5H3,(H,51,59)/t30?,31-,32-,33+,35-,36?,37+,38+,39?,40-,42-,46?,48+,49-,50+/m0/s1. The van der Waals surface area contributed by atoms with E-state index in [4.69, 9.17) is 28.4 Å². The first kappa shape index (κ1) is 49.0. The third-order valence-corrected chi connectivity index (χ3v) is 14.9. The Morgan fingerprint density at radius 3 is 2.01 bits per heavy atom. The Hall–Kier alpha value is -5.41. The number of amides is 1. The zero-order chi connectivity index (χ0) is 49.1. The molecule has 68 heavy (non-hydrogen) atoms. The van der Waals surface area contributed by atoms with E-state index in [2.05, 4.69) is 5.32 Å². The van der Waals surface area contributed by atoms with Gasteiger partial charge in [0.25, 0.3) is 5.91 Å². The Bertz CT molecular complexity index is 2430. The van der Waals surface area contributed by atoms with Crippen molar-refractivity contribution in [1.29, 1.82) is 0 Å². The molecule has 8 rings (SSSR count). The lowest BCUT2D eigenvalue weighted by Gasteiger charge is -2.68. The Labute approximate surface area is 391 Å². The molecule has 2 bridgehead atoms. The molecule has 0 spiro atoms. The number of rotatable bonds is 11. The Morgan fingerprint density at radius 1 is 0.824 bits per heavy atom. The van der Waals surface area contributed by atoms with Crippen molar-refractivity contribution in [2.45, 2.75) is 126 Å². The molecule has 2 aliphatic heterocycles. The molecule has 1 amide bonds. The van der Waals surface area contributed by atoms with Crippen molar-refractivity contribution in [2.75, 3.05) is 13.2 Å². The summed E-state index contributed by atoms with van der Waals surface area (Å²) in [6.07, 6.45) is -17.8. The number of ether oxygens (including phenoxy) is 6. The summed E-state index contributed by atoms with van der Waals surface area (Å²) in [7, 11) is 0. The van der Waals surface area contributed by atoms with Crippen LogP contribution in [0, 0.1) is 16.7 Å². The maximum absolute atomic E-state index is 15.7. The van der Waals surface area contributed by atoms with Crippen LogP contribution in [0.1, 0.15) is 79.8 Å². The van der Waals surface area contributed by atoms with Crippen molar-refractivity contribution in [1.82, 2.24) is 5.32 Å². The molecular weight excluding hydrogens is 887 g/mol.